The second-order valence-electron chi connectivity index (χ2n) is 5.53. The number of benzene rings is 1. The summed E-state index contributed by atoms with van der Waals surface area (Å²) in [5.74, 6) is 5.20. The van der Waals surface area contributed by atoms with Crippen LogP contribution in [0.15, 0.2) is 48.2 Å². The van der Waals surface area contributed by atoms with Crippen molar-refractivity contribution in [2.45, 2.75) is 13.1 Å². The van der Waals surface area contributed by atoms with Crippen molar-refractivity contribution in [1.82, 2.24) is 9.97 Å². The van der Waals surface area contributed by atoms with Gasteiger partial charge in [-0.05, 0) is 42.7 Å². The number of aryl methyl sites for hydroxylation is 1. The van der Waals surface area contributed by atoms with Crippen LogP contribution in [-0.4, -0.2) is 15.9 Å². The fraction of sp³-hybridized carbons (Fsp3) is 0.105. The lowest BCUT2D eigenvalue weighted by molar-refractivity contribution is -0.137. The van der Waals surface area contributed by atoms with E-state index in [1.165, 1.54) is 11.3 Å². The molecule has 0 aliphatic carbocycles. The summed E-state index contributed by atoms with van der Waals surface area (Å²) in [5, 5.41) is 2.38. The number of halogens is 3. The first kappa shape index (κ1) is 18.6. The summed E-state index contributed by atoms with van der Waals surface area (Å²) >= 11 is 1.40. The molecule has 0 aliphatic rings. The van der Waals surface area contributed by atoms with Gasteiger partial charge in [0.25, 0.3) is 5.91 Å². The van der Waals surface area contributed by atoms with Gasteiger partial charge in [-0.15, -0.1) is 11.3 Å². The molecule has 4 nitrogen and oxygen atoms in total. The quantitative estimate of drug-likeness (QED) is 0.658. The zero-order valence-corrected chi connectivity index (χ0v) is 14.8. The van der Waals surface area contributed by atoms with Crippen LogP contribution in [0.1, 0.15) is 31.9 Å². The van der Waals surface area contributed by atoms with Crippen molar-refractivity contribution in [3.8, 4) is 11.8 Å². The smallest absolute Gasteiger partial charge is 0.307 e. The molecule has 1 amide bonds. The lowest BCUT2D eigenvalue weighted by Crippen LogP contribution is -2.14. The molecule has 2 heterocycles. The first-order valence-electron chi connectivity index (χ1n) is 7.69. The minimum Gasteiger partial charge on any atom is -0.307 e. The van der Waals surface area contributed by atoms with E-state index >= 15 is 0 Å². The van der Waals surface area contributed by atoms with Crippen LogP contribution in [-0.2, 0) is 6.18 Å². The maximum Gasteiger partial charge on any atom is 0.416 e. The number of aromatic nitrogens is 2. The van der Waals surface area contributed by atoms with Crippen molar-refractivity contribution in [2.24, 2.45) is 0 Å². The van der Waals surface area contributed by atoms with E-state index in [2.05, 4.69) is 27.1 Å². The number of amides is 1. The molecular weight excluding hydrogens is 375 g/mol. The Balaban J connectivity index is 1.82. The minimum absolute atomic E-state index is 0.173. The van der Waals surface area contributed by atoms with E-state index < -0.39 is 17.6 Å². The van der Waals surface area contributed by atoms with Crippen LogP contribution in [0.3, 0.4) is 0 Å². The van der Waals surface area contributed by atoms with Gasteiger partial charge in [-0.25, -0.2) is 4.98 Å². The van der Waals surface area contributed by atoms with Crippen molar-refractivity contribution in [1.29, 1.82) is 0 Å². The van der Waals surface area contributed by atoms with Crippen molar-refractivity contribution in [3.05, 3.63) is 75.4 Å². The van der Waals surface area contributed by atoms with Crippen LogP contribution in [0.4, 0.5) is 19.0 Å². The zero-order chi connectivity index (χ0) is 19.4. The highest BCUT2D eigenvalue weighted by atomic mass is 32.1. The Hall–Kier alpha value is -3.18. The maximum atomic E-state index is 12.8. The second kappa shape index (κ2) is 7.60. The fourth-order valence-electron chi connectivity index (χ4n) is 2.17. The molecule has 0 bridgehead atoms. The number of thiazole rings is 1. The molecule has 1 N–H and O–H groups in total. The van der Waals surface area contributed by atoms with Crippen LogP contribution in [0, 0.1) is 18.8 Å². The average Bonchev–Trinajstić information content (AvgIpc) is 3.14. The normalized spacial score (nSPS) is 10.8. The number of hydrogen-bond donors (Lipinski definition) is 1. The number of alkyl halides is 3. The topological polar surface area (TPSA) is 54.9 Å². The largest absolute Gasteiger partial charge is 0.416 e. The Labute approximate surface area is 157 Å². The summed E-state index contributed by atoms with van der Waals surface area (Å²) < 4.78 is 38.3. The molecule has 2 aromatic heterocycles. The third kappa shape index (κ3) is 4.71. The Kier molecular flexibility index (Phi) is 5.23. The number of anilines is 1. The van der Waals surface area contributed by atoms with Crippen LogP contribution < -0.4 is 5.32 Å². The molecule has 27 heavy (non-hydrogen) atoms. The molecule has 0 spiro atoms. The van der Waals surface area contributed by atoms with E-state index in [0.29, 0.717) is 5.56 Å². The van der Waals surface area contributed by atoms with E-state index in [4.69, 9.17) is 0 Å². The molecule has 1 aromatic carbocycles. The zero-order valence-electron chi connectivity index (χ0n) is 14.0. The number of rotatable bonds is 2. The molecular formula is C19H12F3N3OS. The summed E-state index contributed by atoms with van der Waals surface area (Å²) in [4.78, 5) is 20.9. The third-order valence-electron chi connectivity index (χ3n) is 3.58. The highest BCUT2D eigenvalue weighted by molar-refractivity contribution is 7.10. The average molecular weight is 387 g/mol. The van der Waals surface area contributed by atoms with E-state index in [-0.39, 0.29) is 11.4 Å². The molecule has 0 saturated carbocycles. The van der Waals surface area contributed by atoms with Gasteiger partial charge in [0.1, 0.15) is 5.82 Å². The van der Waals surface area contributed by atoms with Crippen LogP contribution in [0.25, 0.3) is 0 Å². The molecule has 0 fully saturated rings. The van der Waals surface area contributed by atoms with E-state index in [1.807, 2.05) is 6.92 Å². The Morgan fingerprint density at radius 3 is 2.70 bits per heavy atom. The third-order valence-corrected chi connectivity index (χ3v) is 4.27. The second-order valence-corrected chi connectivity index (χ2v) is 6.41. The molecule has 0 saturated heterocycles. The Morgan fingerprint density at radius 2 is 2.00 bits per heavy atom. The van der Waals surface area contributed by atoms with Gasteiger partial charge in [-0.3, -0.25) is 9.78 Å². The van der Waals surface area contributed by atoms with Crippen LogP contribution in [0.2, 0.25) is 0 Å². The first-order valence-corrected chi connectivity index (χ1v) is 8.56. The van der Waals surface area contributed by atoms with E-state index in [9.17, 15) is 18.0 Å². The van der Waals surface area contributed by atoms with Gasteiger partial charge in [0, 0.05) is 17.3 Å². The molecule has 8 heteroatoms. The minimum atomic E-state index is -4.51. The van der Waals surface area contributed by atoms with Crippen molar-refractivity contribution >= 4 is 23.1 Å². The standard InChI is InChI=1S/C19H12F3N3OS/c1-12-2-3-14(8-13(12)4-5-16-10-23-11-27-16)18(26)25-17-9-15(6-7-24-17)19(20,21)22/h2-3,6-11H,1H3,(H,24,25,26). The van der Waals surface area contributed by atoms with E-state index in [0.717, 1.165) is 28.8 Å². The summed E-state index contributed by atoms with van der Waals surface area (Å²) in [7, 11) is 0. The summed E-state index contributed by atoms with van der Waals surface area (Å²) in [6.45, 7) is 1.85. The highest BCUT2D eigenvalue weighted by Gasteiger charge is 2.30. The van der Waals surface area contributed by atoms with Gasteiger partial charge in [0.2, 0.25) is 0 Å². The predicted molar refractivity (Wildman–Crippen MR) is 96.5 cm³/mol. The lowest BCUT2D eigenvalue weighted by Gasteiger charge is -2.09. The van der Waals surface area contributed by atoms with Gasteiger partial charge in [-0.2, -0.15) is 13.2 Å². The SMILES string of the molecule is Cc1ccc(C(=O)Nc2cc(C(F)(F)F)ccn2)cc1C#Cc1cncs1. The Bertz CT molecular complexity index is 1030. The van der Waals surface area contributed by atoms with Crippen molar-refractivity contribution < 1.29 is 18.0 Å². The number of hydrogen-bond acceptors (Lipinski definition) is 4. The van der Waals surface area contributed by atoms with Gasteiger partial charge in [0.15, 0.2) is 0 Å². The van der Waals surface area contributed by atoms with Crippen molar-refractivity contribution in [2.75, 3.05) is 5.32 Å². The van der Waals surface area contributed by atoms with Gasteiger partial charge < -0.3 is 5.32 Å². The van der Waals surface area contributed by atoms with E-state index in [1.54, 1.807) is 29.9 Å². The summed E-state index contributed by atoms with van der Waals surface area (Å²) in [6.07, 6.45) is -1.87. The maximum absolute atomic E-state index is 12.8. The molecule has 0 radical (unpaired) electrons. The number of nitrogens with zero attached hydrogens (tertiary/aromatic N) is 2. The first-order chi connectivity index (χ1) is 12.8. The molecule has 0 unspecified atom stereocenters. The lowest BCUT2D eigenvalue weighted by atomic mass is 10.0. The van der Waals surface area contributed by atoms with Gasteiger partial charge in [0.05, 0.1) is 22.1 Å². The number of nitrogens with one attached hydrogen (secondary N) is 1. The highest BCUT2D eigenvalue weighted by Crippen LogP contribution is 2.30. The number of carbonyl (C=O) groups is 1. The summed E-state index contributed by atoms with van der Waals surface area (Å²) in [5.41, 5.74) is 2.58. The van der Waals surface area contributed by atoms with Crippen molar-refractivity contribution in [3.63, 3.8) is 0 Å². The monoisotopic (exact) mass is 387 g/mol. The molecule has 3 rings (SSSR count). The van der Waals surface area contributed by atoms with Crippen LogP contribution in [0.5, 0.6) is 0 Å². The predicted octanol–water partition coefficient (Wildman–Crippen LogP) is 4.52. The van der Waals surface area contributed by atoms with Crippen LogP contribution >= 0.6 is 11.3 Å². The number of carbonyl (C=O) groups excluding carboxylic acids is 1. The molecule has 3 aromatic rings. The number of pyridine rings is 1. The summed E-state index contributed by atoms with van der Waals surface area (Å²) in [6, 6.07) is 6.53. The molecule has 136 valence electrons. The molecule has 0 aliphatic heterocycles. The Morgan fingerprint density at radius 1 is 1.19 bits per heavy atom. The van der Waals surface area contributed by atoms with Gasteiger partial charge >= 0.3 is 6.18 Å². The fourth-order valence-corrected chi connectivity index (χ4v) is 2.64. The van der Waals surface area contributed by atoms with Gasteiger partial charge in [-0.1, -0.05) is 12.0 Å². The molecule has 0 atom stereocenters.